The van der Waals surface area contributed by atoms with Gasteiger partial charge in [-0.25, -0.2) is 0 Å². The number of ether oxygens (including phenoxy) is 2. The first-order chi connectivity index (χ1) is 10.0. The van der Waals surface area contributed by atoms with Crippen LogP contribution in [0.4, 0.5) is 0 Å². The molecule has 0 amide bonds. The Morgan fingerprint density at radius 3 is 2.19 bits per heavy atom. The maximum atomic E-state index is 6.46. The third-order valence-electron chi connectivity index (χ3n) is 4.74. The zero-order chi connectivity index (χ0) is 15.5. The van der Waals surface area contributed by atoms with Gasteiger partial charge < -0.3 is 15.2 Å². The highest BCUT2D eigenvalue weighted by Crippen LogP contribution is 2.33. The van der Waals surface area contributed by atoms with Crippen molar-refractivity contribution >= 4 is 0 Å². The zero-order valence-corrected chi connectivity index (χ0v) is 13.7. The Bertz CT molecular complexity index is 484. The summed E-state index contributed by atoms with van der Waals surface area (Å²) in [7, 11) is 3.37. The molecule has 1 aromatic rings. The highest BCUT2D eigenvalue weighted by Gasteiger charge is 2.27. The maximum Gasteiger partial charge on any atom is 0.161 e. The van der Waals surface area contributed by atoms with E-state index in [-0.39, 0.29) is 5.54 Å². The topological polar surface area (TPSA) is 47.7 Å². The molecule has 2 rings (SSSR count). The van der Waals surface area contributed by atoms with Crippen LogP contribution >= 0.6 is 0 Å². The quantitative estimate of drug-likeness (QED) is 0.875. The molecule has 1 aromatic carbocycles. The van der Waals surface area contributed by atoms with Crippen molar-refractivity contribution in [3.63, 3.8) is 0 Å². The van der Waals surface area contributed by atoms with Crippen molar-refractivity contribution in [3.05, 3.63) is 23.3 Å². The average Bonchev–Trinajstić information content (AvgIpc) is 2.53. The molecular weight excluding hydrogens is 264 g/mol. The fourth-order valence-electron chi connectivity index (χ4n) is 3.00. The standard InChI is InChI=1S/C17H28N2O2/c1-5-17(18,6-2)12-19-8-7-13-9-15(20-3)16(21-4)10-14(13)11-19/h9-10H,5-8,11-12,18H2,1-4H3. The molecule has 1 heterocycles. The minimum absolute atomic E-state index is 0.0753. The Hall–Kier alpha value is -1.26. The van der Waals surface area contributed by atoms with Gasteiger partial charge in [-0.3, -0.25) is 4.90 Å². The second-order valence-electron chi connectivity index (χ2n) is 6.01. The summed E-state index contributed by atoms with van der Waals surface area (Å²) in [6.45, 7) is 7.30. The fraction of sp³-hybridized carbons (Fsp3) is 0.647. The van der Waals surface area contributed by atoms with Crippen LogP contribution in [0.3, 0.4) is 0 Å². The summed E-state index contributed by atoms with van der Waals surface area (Å²) in [4.78, 5) is 2.46. The fourth-order valence-corrected chi connectivity index (χ4v) is 3.00. The first-order valence-electron chi connectivity index (χ1n) is 7.80. The van der Waals surface area contributed by atoms with Crippen molar-refractivity contribution in [2.24, 2.45) is 5.73 Å². The van der Waals surface area contributed by atoms with Gasteiger partial charge in [0, 0.05) is 25.2 Å². The molecule has 4 nitrogen and oxygen atoms in total. The van der Waals surface area contributed by atoms with Gasteiger partial charge in [-0.1, -0.05) is 13.8 Å². The molecule has 118 valence electrons. The lowest BCUT2D eigenvalue weighted by atomic mass is 9.91. The molecule has 1 aliphatic rings. The Morgan fingerprint density at radius 2 is 1.67 bits per heavy atom. The lowest BCUT2D eigenvalue weighted by molar-refractivity contribution is 0.184. The number of rotatable bonds is 6. The van der Waals surface area contributed by atoms with Crippen molar-refractivity contribution in [1.29, 1.82) is 0 Å². The number of nitrogens with two attached hydrogens (primary N) is 1. The molecule has 2 N–H and O–H groups in total. The van der Waals surface area contributed by atoms with Crippen LogP contribution in [0.25, 0.3) is 0 Å². The number of hydrogen-bond acceptors (Lipinski definition) is 4. The van der Waals surface area contributed by atoms with E-state index in [2.05, 4.69) is 30.9 Å². The Labute approximate surface area is 128 Å². The smallest absolute Gasteiger partial charge is 0.161 e. The number of benzene rings is 1. The first-order valence-corrected chi connectivity index (χ1v) is 7.80. The van der Waals surface area contributed by atoms with E-state index in [4.69, 9.17) is 15.2 Å². The van der Waals surface area contributed by atoms with Crippen molar-refractivity contribution in [1.82, 2.24) is 4.90 Å². The molecule has 0 aliphatic carbocycles. The second kappa shape index (κ2) is 6.67. The van der Waals surface area contributed by atoms with Gasteiger partial charge in [0.25, 0.3) is 0 Å². The highest BCUT2D eigenvalue weighted by atomic mass is 16.5. The van der Waals surface area contributed by atoms with Gasteiger partial charge in [0.2, 0.25) is 0 Å². The summed E-state index contributed by atoms with van der Waals surface area (Å²) in [6.07, 6.45) is 3.07. The highest BCUT2D eigenvalue weighted by molar-refractivity contribution is 5.48. The normalized spacial score (nSPS) is 15.7. The van der Waals surface area contributed by atoms with Gasteiger partial charge in [0.1, 0.15) is 0 Å². The number of hydrogen-bond donors (Lipinski definition) is 1. The van der Waals surface area contributed by atoms with Crippen LogP contribution in [0.2, 0.25) is 0 Å². The third-order valence-corrected chi connectivity index (χ3v) is 4.74. The SMILES string of the molecule is CCC(N)(CC)CN1CCc2cc(OC)c(OC)cc2C1. The predicted molar refractivity (Wildman–Crippen MR) is 86.0 cm³/mol. The van der Waals surface area contributed by atoms with Crippen LogP contribution in [-0.4, -0.2) is 37.7 Å². The van der Waals surface area contributed by atoms with Crippen LogP contribution in [0.5, 0.6) is 11.5 Å². The molecule has 0 saturated carbocycles. The van der Waals surface area contributed by atoms with Gasteiger partial charge in [-0.05, 0) is 42.5 Å². The van der Waals surface area contributed by atoms with E-state index < -0.39 is 0 Å². The molecule has 0 aromatic heterocycles. The van der Waals surface area contributed by atoms with E-state index in [0.717, 1.165) is 50.4 Å². The number of methoxy groups -OCH3 is 2. The molecule has 0 unspecified atom stereocenters. The van der Waals surface area contributed by atoms with Gasteiger partial charge in [0.05, 0.1) is 14.2 Å². The van der Waals surface area contributed by atoms with E-state index in [1.54, 1.807) is 14.2 Å². The molecule has 1 aliphatic heterocycles. The summed E-state index contributed by atoms with van der Waals surface area (Å²) in [6, 6.07) is 4.22. The molecule has 21 heavy (non-hydrogen) atoms. The summed E-state index contributed by atoms with van der Waals surface area (Å²) in [5.41, 5.74) is 9.08. The van der Waals surface area contributed by atoms with E-state index in [0.29, 0.717) is 0 Å². The van der Waals surface area contributed by atoms with E-state index in [1.165, 1.54) is 11.1 Å². The minimum atomic E-state index is -0.0753. The summed E-state index contributed by atoms with van der Waals surface area (Å²) >= 11 is 0. The Kier molecular flexibility index (Phi) is 5.12. The average molecular weight is 292 g/mol. The molecule has 4 heteroatoms. The van der Waals surface area contributed by atoms with Crippen molar-refractivity contribution < 1.29 is 9.47 Å². The second-order valence-corrected chi connectivity index (χ2v) is 6.01. The predicted octanol–water partition coefficient (Wildman–Crippen LogP) is 2.58. The molecular formula is C17H28N2O2. The van der Waals surface area contributed by atoms with Crippen molar-refractivity contribution in [2.45, 2.75) is 45.2 Å². The molecule has 0 radical (unpaired) electrons. The number of fused-ring (bicyclic) bond motifs is 1. The number of nitrogens with zero attached hydrogens (tertiary/aromatic N) is 1. The third kappa shape index (κ3) is 3.50. The molecule has 0 spiro atoms. The molecule has 0 fully saturated rings. The Balaban J connectivity index is 2.16. The molecule has 0 saturated heterocycles. The maximum absolute atomic E-state index is 6.46. The molecule has 0 bridgehead atoms. The van der Waals surface area contributed by atoms with Crippen LogP contribution in [0.1, 0.15) is 37.8 Å². The van der Waals surface area contributed by atoms with Crippen LogP contribution in [-0.2, 0) is 13.0 Å². The lowest BCUT2D eigenvalue weighted by Crippen LogP contribution is -2.50. The van der Waals surface area contributed by atoms with Gasteiger partial charge in [-0.2, -0.15) is 0 Å². The van der Waals surface area contributed by atoms with E-state index in [1.807, 2.05) is 0 Å². The van der Waals surface area contributed by atoms with Crippen LogP contribution < -0.4 is 15.2 Å². The minimum Gasteiger partial charge on any atom is -0.493 e. The van der Waals surface area contributed by atoms with Crippen molar-refractivity contribution in [2.75, 3.05) is 27.3 Å². The largest absolute Gasteiger partial charge is 0.493 e. The van der Waals surface area contributed by atoms with Gasteiger partial charge in [0.15, 0.2) is 11.5 Å². The van der Waals surface area contributed by atoms with Gasteiger partial charge >= 0.3 is 0 Å². The monoisotopic (exact) mass is 292 g/mol. The summed E-state index contributed by atoms with van der Waals surface area (Å²) in [5, 5.41) is 0. The van der Waals surface area contributed by atoms with E-state index in [9.17, 15) is 0 Å². The van der Waals surface area contributed by atoms with Crippen LogP contribution in [0, 0.1) is 0 Å². The lowest BCUT2D eigenvalue weighted by Gasteiger charge is -2.37. The van der Waals surface area contributed by atoms with Gasteiger partial charge in [-0.15, -0.1) is 0 Å². The zero-order valence-electron chi connectivity index (χ0n) is 13.7. The summed E-state index contributed by atoms with van der Waals surface area (Å²) in [5.74, 6) is 1.63. The first kappa shape index (κ1) is 16.1. The summed E-state index contributed by atoms with van der Waals surface area (Å²) < 4.78 is 10.8. The van der Waals surface area contributed by atoms with E-state index >= 15 is 0 Å². The van der Waals surface area contributed by atoms with Crippen molar-refractivity contribution in [3.8, 4) is 11.5 Å². The Morgan fingerprint density at radius 1 is 1.10 bits per heavy atom. The molecule has 0 atom stereocenters. The van der Waals surface area contributed by atoms with Crippen LogP contribution in [0.15, 0.2) is 12.1 Å².